The Morgan fingerprint density at radius 2 is 2.00 bits per heavy atom. The number of aromatic nitrogens is 2. The van der Waals surface area contributed by atoms with Crippen molar-refractivity contribution < 1.29 is 4.79 Å². The lowest BCUT2D eigenvalue weighted by Crippen LogP contribution is -2.27. The number of pyridine rings is 2. The number of unbranched alkanes of at least 4 members (excludes halogenated alkanes) is 3. The summed E-state index contributed by atoms with van der Waals surface area (Å²) in [6, 6.07) is 8.92. The van der Waals surface area contributed by atoms with Crippen LogP contribution >= 0.6 is 0 Å². The molecule has 2 aromatic rings. The summed E-state index contributed by atoms with van der Waals surface area (Å²) in [6.45, 7) is 1.24. The standard InChI is InChI=1S/C19H23N7O/c20-15-25-19(26-16-8-7-10-21-14-16)24-13-5-2-1-4-12-23-18(27)17-9-3-6-11-22-17/h3,6-11,14H,1-2,4-5,12-13H2,(H,23,27)(H2,24,25,26). The molecule has 0 fully saturated rings. The van der Waals surface area contributed by atoms with Gasteiger partial charge in [-0.05, 0) is 37.1 Å². The summed E-state index contributed by atoms with van der Waals surface area (Å²) in [5, 5.41) is 17.2. The van der Waals surface area contributed by atoms with Gasteiger partial charge in [-0.3, -0.25) is 25.1 Å². The van der Waals surface area contributed by atoms with Gasteiger partial charge in [0.1, 0.15) is 5.69 Å². The third kappa shape index (κ3) is 7.96. The van der Waals surface area contributed by atoms with E-state index < -0.39 is 0 Å². The molecule has 2 rings (SSSR count). The Bertz CT molecular complexity index is 757. The molecule has 0 saturated heterocycles. The molecule has 140 valence electrons. The molecule has 27 heavy (non-hydrogen) atoms. The van der Waals surface area contributed by atoms with Crippen LogP contribution in [0.2, 0.25) is 0 Å². The maximum atomic E-state index is 11.8. The van der Waals surface area contributed by atoms with Crippen LogP contribution in [-0.4, -0.2) is 34.9 Å². The molecular formula is C19H23N7O. The van der Waals surface area contributed by atoms with Gasteiger partial charge in [0.25, 0.3) is 5.91 Å². The number of nitriles is 1. The largest absolute Gasteiger partial charge is 0.351 e. The number of hydrogen-bond acceptors (Lipinski definition) is 5. The van der Waals surface area contributed by atoms with Crippen LogP contribution in [0.25, 0.3) is 0 Å². The maximum Gasteiger partial charge on any atom is 0.269 e. The highest BCUT2D eigenvalue weighted by atomic mass is 16.1. The van der Waals surface area contributed by atoms with E-state index in [9.17, 15) is 4.79 Å². The number of nitrogens with zero attached hydrogens (tertiary/aromatic N) is 4. The van der Waals surface area contributed by atoms with Crippen LogP contribution in [0.1, 0.15) is 36.2 Å². The van der Waals surface area contributed by atoms with Crippen LogP contribution in [0.3, 0.4) is 0 Å². The number of carbonyl (C=O) groups is 1. The molecule has 0 aliphatic rings. The molecular weight excluding hydrogens is 342 g/mol. The Hall–Kier alpha value is -3.47. The predicted octanol–water partition coefficient (Wildman–Crippen LogP) is 2.31. The van der Waals surface area contributed by atoms with Crippen LogP contribution in [0.4, 0.5) is 5.69 Å². The van der Waals surface area contributed by atoms with Crippen LogP contribution in [0, 0.1) is 11.5 Å². The van der Waals surface area contributed by atoms with E-state index >= 15 is 0 Å². The van der Waals surface area contributed by atoms with E-state index in [2.05, 4.69) is 30.9 Å². The van der Waals surface area contributed by atoms with Crippen molar-refractivity contribution in [3.05, 3.63) is 54.6 Å². The first-order chi connectivity index (χ1) is 13.3. The smallest absolute Gasteiger partial charge is 0.269 e. The second-order valence-corrected chi connectivity index (χ2v) is 5.72. The summed E-state index contributed by atoms with van der Waals surface area (Å²) in [6.07, 6.45) is 10.6. The number of amides is 1. The van der Waals surface area contributed by atoms with E-state index in [-0.39, 0.29) is 5.91 Å². The molecule has 0 bridgehead atoms. The van der Waals surface area contributed by atoms with Gasteiger partial charge in [0.15, 0.2) is 6.19 Å². The van der Waals surface area contributed by atoms with Crippen molar-refractivity contribution in [2.24, 2.45) is 4.99 Å². The van der Waals surface area contributed by atoms with Crippen LogP contribution in [-0.2, 0) is 0 Å². The minimum atomic E-state index is -0.145. The number of nitrogens with one attached hydrogen (secondary N) is 3. The molecule has 8 nitrogen and oxygen atoms in total. The SMILES string of the molecule is N#CNC(=NCCCCCCNC(=O)c1ccccn1)Nc1cccnc1. The predicted molar refractivity (Wildman–Crippen MR) is 104 cm³/mol. The fourth-order valence-electron chi connectivity index (χ4n) is 2.31. The highest BCUT2D eigenvalue weighted by molar-refractivity contribution is 5.94. The van der Waals surface area contributed by atoms with Crippen molar-refractivity contribution in [3.8, 4) is 6.19 Å². The molecule has 2 aromatic heterocycles. The van der Waals surface area contributed by atoms with Crippen molar-refractivity contribution >= 4 is 17.6 Å². The summed E-state index contributed by atoms with van der Waals surface area (Å²) >= 11 is 0. The number of guanidine groups is 1. The summed E-state index contributed by atoms with van der Waals surface area (Å²) in [4.78, 5) is 24.2. The highest BCUT2D eigenvalue weighted by Crippen LogP contribution is 2.03. The van der Waals surface area contributed by atoms with Gasteiger partial charge in [-0.15, -0.1) is 0 Å². The van der Waals surface area contributed by atoms with Gasteiger partial charge in [0.2, 0.25) is 5.96 Å². The van der Waals surface area contributed by atoms with Gasteiger partial charge in [-0.1, -0.05) is 18.9 Å². The van der Waals surface area contributed by atoms with Gasteiger partial charge >= 0.3 is 0 Å². The van der Waals surface area contributed by atoms with Crippen molar-refractivity contribution in [1.82, 2.24) is 20.6 Å². The first-order valence-corrected chi connectivity index (χ1v) is 8.85. The zero-order valence-electron chi connectivity index (χ0n) is 15.1. The van der Waals surface area contributed by atoms with E-state index in [1.807, 2.05) is 12.3 Å². The van der Waals surface area contributed by atoms with Crippen LogP contribution in [0.5, 0.6) is 0 Å². The number of hydrogen-bond donors (Lipinski definition) is 3. The molecule has 8 heteroatoms. The summed E-state index contributed by atoms with van der Waals surface area (Å²) in [7, 11) is 0. The Labute approximate surface area is 158 Å². The van der Waals surface area contributed by atoms with Crippen molar-refractivity contribution in [1.29, 1.82) is 5.26 Å². The summed E-state index contributed by atoms with van der Waals surface area (Å²) in [5.41, 5.74) is 1.20. The first kappa shape index (κ1) is 19.8. The van der Waals surface area contributed by atoms with E-state index in [0.29, 0.717) is 24.7 Å². The Balaban J connectivity index is 1.59. The van der Waals surface area contributed by atoms with Crippen molar-refractivity contribution in [3.63, 3.8) is 0 Å². The second-order valence-electron chi connectivity index (χ2n) is 5.72. The molecule has 0 atom stereocenters. The normalized spacial score (nSPS) is 10.7. The fourth-order valence-corrected chi connectivity index (χ4v) is 2.31. The fraction of sp³-hybridized carbons (Fsp3) is 0.316. The number of rotatable bonds is 9. The molecule has 0 aliphatic heterocycles. The molecule has 0 aromatic carbocycles. The molecule has 0 saturated carbocycles. The molecule has 1 amide bonds. The first-order valence-electron chi connectivity index (χ1n) is 8.85. The Morgan fingerprint density at radius 1 is 1.11 bits per heavy atom. The summed E-state index contributed by atoms with van der Waals surface area (Å²) < 4.78 is 0. The Morgan fingerprint density at radius 3 is 2.74 bits per heavy atom. The third-order valence-electron chi connectivity index (χ3n) is 3.64. The number of anilines is 1. The quantitative estimate of drug-likeness (QED) is 0.206. The van der Waals surface area contributed by atoms with E-state index in [0.717, 1.165) is 31.4 Å². The zero-order valence-corrected chi connectivity index (χ0v) is 15.1. The molecule has 0 spiro atoms. The monoisotopic (exact) mass is 365 g/mol. The van der Waals surface area contributed by atoms with Gasteiger partial charge in [0.05, 0.1) is 11.9 Å². The number of aliphatic imine (C=N–C) groups is 1. The average molecular weight is 365 g/mol. The van der Waals surface area contributed by atoms with Gasteiger partial charge in [0, 0.05) is 25.5 Å². The third-order valence-corrected chi connectivity index (χ3v) is 3.64. The minimum absolute atomic E-state index is 0.145. The minimum Gasteiger partial charge on any atom is -0.351 e. The van der Waals surface area contributed by atoms with Gasteiger partial charge < -0.3 is 10.6 Å². The van der Waals surface area contributed by atoms with Crippen molar-refractivity contribution in [2.75, 3.05) is 18.4 Å². The second kappa shape index (κ2) is 12.0. The zero-order chi connectivity index (χ0) is 19.2. The molecule has 3 N–H and O–H groups in total. The van der Waals surface area contributed by atoms with Crippen LogP contribution < -0.4 is 16.0 Å². The van der Waals surface area contributed by atoms with E-state index in [4.69, 9.17) is 5.26 Å². The lowest BCUT2D eigenvalue weighted by molar-refractivity contribution is 0.0948. The molecule has 0 radical (unpaired) electrons. The molecule has 0 unspecified atom stereocenters. The maximum absolute atomic E-state index is 11.8. The average Bonchev–Trinajstić information content (AvgIpc) is 2.71. The van der Waals surface area contributed by atoms with Crippen molar-refractivity contribution in [2.45, 2.75) is 25.7 Å². The summed E-state index contributed by atoms with van der Waals surface area (Å²) in [5.74, 6) is 0.266. The van der Waals surface area contributed by atoms with E-state index in [1.54, 1.807) is 42.9 Å². The lowest BCUT2D eigenvalue weighted by atomic mass is 10.2. The van der Waals surface area contributed by atoms with Gasteiger partial charge in [-0.25, -0.2) is 0 Å². The molecule has 0 aliphatic carbocycles. The van der Waals surface area contributed by atoms with E-state index in [1.165, 1.54) is 0 Å². The number of carbonyl (C=O) groups excluding carboxylic acids is 1. The molecule has 2 heterocycles. The lowest BCUT2D eigenvalue weighted by Gasteiger charge is -2.07. The van der Waals surface area contributed by atoms with Gasteiger partial charge in [-0.2, -0.15) is 5.26 Å². The Kier molecular flexibility index (Phi) is 8.80. The highest BCUT2D eigenvalue weighted by Gasteiger charge is 2.04. The topological polar surface area (TPSA) is 115 Å². The van der Waals surface area contributed by atoms with Crippen LogP contribution in [0.15, 0.2) is 53.9 Å².